The molecule has 1 aromatic carbocycles. The van der Waals surface area contributed by atoms with E-state index in [-0.39, 0.29) is 31.5 Å². The number of halogens is 1. The number of fused-ring (bicyclic) bond motifs is 1. The highest BCUT2D eigenvalue weighted by molar-refractivity contribution is 5.98. The number of benzene rings is 1. The van der Waals surface area contributed by atoms with Gasteiger partial charge in [-0.25, -0.2) is 9.37 Å². The average Bonchev–Trinajstić information content (AvgIpc) is 3.06. The van der Waals surface area contributed by atoms with Gasteiger partial charge in [0.15, 0.2) is 5.69 Å². The van der Waals surface area contributed by atoms with Crippen LogP contribution in [0.4, 0.5) is 10.3 Å². The molecule has 1 aromatic heterocycles. The van der Waals surface area contributed by atoms with E-state index in [1.165, 1.54) is 29.2 Å². The van der Waals surface area contributed by atoms with Gasteiger partial charge in [-0.05, 0) is 36.1 Å². The third kappa shape index (κ3) is 3.73. The smallest absolute Gasteiger partial charge is 0.298 e. The van der Waals surface area contributed by atoms with Gasteiger partial charge in [-0.2, -0.15) is 0 Å². The second kappa shape index (κ2) is 7.94. The number of rotatable bonds is 5. The fraction of sp³-hybridized carbons (Fsp3) is 0.238. The third-order valence-corrected chi connectivity index (χ3v) is 4.95. The second-order valence-corrected chi connectivity index (χ2v) is 7.05. The first-order chi connectivity index (χ1) is 14.4. The topological polar surface area (TPSA) is 105 Å². The van der Waals surface area contributed by atoms with E-state index in [4.69, 9.17) is 0 Å². The molecule has 0 saturated carbocycles. The lowest BCUT2D eigenvalue weighted by molar-refractivity contribution is -0.118. The molecule has 0 unspecified atom stereocenters. The molecular formula is C21H19FN4O4. The zero-order valence-electron chi connectivity index (χ0n) is 16.0. The SMILES string of the molecule is O=C(NCc1ccc(F)cc1)c1nc2n(c(=O)c1O)CC(=O)N2CC1=CCCC=C1. The van der Waals surface area contributed by atoms with Gasteiger partial charge in [0.25, 0.3) is 11.5 Å². The standard InChI is InChI=1S/C21H19FN4O4/c22-15-8-6-13(7-9-15)10-23-19(29)17-18(28)20(30)26-12-16(27)25(21(26)24-17)11-14-4-2-1-3-5-14/h2,4-9,28H,1,3,10-12H2,(H,23,29). The molecule has 2 aromatic rings. The van der Waals surface area contributed by atoms with Gasteiger partial charge < -0.3 is 10.4 Å². The number of carbonyl (C=O) groups excluding carboxylic acids is 2. The Labute approximate surface area is 171 Å². The Morgan fingerprint density at radius 3 is 2.67 bits per heavy atom. The predicted molar refractivity (Wildman–Crippen MR) is 107 cm³/mol. The summed E-state index contributed by atoms with van der Waals surface area (Å²) in [5.74, 6) is -2.31. The molecule has 2 N–H and O–H groups in total. The molecule has 0 fully saturated rings. The molecule has 4 rings (SSSR count). The maximum Gasteiger partial charge on any atom is 0.298 e. The Balaban J connectivity index is 1.60. The second-order valence-electron chi connectivity index (χ2n) is 7.05. The van der Waals surface area contributed by atoms with Crippen molar-refractivity contribution in [2.24, 2.45) is 0 Å². The van der Waals surface area contributed by atoms with Crippen molar-refractivity contribution in [3.05, 3.63) is 75.5 Å². The number of hydrogen-bond acceptors (Lipinski definition) is 5. The molecule has 2 amide bonds. The summed E-state index contributed by atoms with van der Waals surface area (Å²) in [5, 5.41) is 12.7. The summed E-state index contributed by atoms with van der Waals surface area (Å²) in [4.78, 5) is 43.0. The molecule has 0 spiro atoms. The van der Waals surface area contributed by atoms with E-state index in [0.717, 1.165) is 23.0 Å². The van der Waals surface area contributed by atoms with Gasteiger partial charge in [-0.3, -0.25) is 23.9 Å². The number of nitrogens with one attached hydrogen (secondary N) is 1. The predicted octanol–water partition coefficient (Wildman–Crippen LogP) is 1.64. The highest BCUT2D eigenvalue weighted by Crippen LogP contribution is 2.24. The van der Waals surface area contributed by atoms with Gasteiger partial charge >= 0.3 is 0 Å². The lowest BCUT2D eigenvalue weighted by atomic mass is 10.1. The van der Waals surface area contributed by atoms with Gasteiger partial charge in [-0.15, -0.1) is 0 Å². The summed E-state index contributed by atoms with van der Waals surface area (Å²) < 4.78 is 14.1. The summed E-state index contributed by atoms with van der Waals surface area (Å²) in [5.41, 5.74) is 0.236. The first kappa shape index (κ1) is 19.6. The van der Waals surface area contributed by atoms with E-state index >= 15 is 0 Å². The van der Waals surface area contributed by atoms with Crippen LogP contribution >= 0.6 is 0 Å². The number of hydrogen-bond donors (Lipinski definition) is 2. The van der Waals surface area contributed by atoms with Crippen LogP contribution in [-0.4, -0.2) is 33.0 Å². The van der Waals surface area contributed by atoms with Gasteiger partial charge in [0.1, 0.15) is 12.4 Å². The fourth-order valence-electron chi connectivity index (χ4n) is 3.37. The minimum absolute atomic E-state index is 0.0228. The zero-order chi connectivity index (χ0) is 21.3. The Morgan fingerprint density at radius 1 is 1.20 bits per heavy atom. The van der Waals surface area contributed by atoms with Crippen LogP contribution in [0.2, 0.25) is 0 Å². The molecule has 1 aliphatic carbocycles. The van der Waals surface area contributed by atoms with Crippen molar-refractivity contribution in [1.82, 2.24) is 14.9 Å². The molecule has 8 nitrogen and oxygen atoms in total. The maximum atomic E-state index is 13.0. The first-order valence-electron chi connectivity index (χ1n) is 9.46. The minimum Gasteiger partial charge on any atom is -0.501 e. The number of allylic oxidation sites excluding steroid dienone is 2. The van der Waals surface area contributed by atoms with Crippen LogP contribution in [-0.2, 0) is 17.9 Å². The summed E-state index contributed by atoms with van der Waals surface area (Å²) in [6.45, 7) is 0.0331. The van der Waals surface area contributed by atoms with E-state index in [1.54, 1.807) is 0 Å². The molecule has 2 aliphatic rings. The van der Waals surface area contributed by atoms with Crippen molar-refractivity contribution in [2.45, 2.75) is 25.9 Å². The quantitative estimate of drug-likeness (QED) is 0.780. The number of carbonyl (C=O) groups is 2. The van der Waals surface area contributed by atoms with E-state index in [2.05, 4.69) is 10.3 Å². The fourth-order valence-corrected chi connectivity index (χ4v) is 3.37. The Hall–Kier alpha value is -3.75. The molecule has 0 atom stereocenters. The van der Waals surface area contributed by atoms with Crippen molar-refractivity contribution in [1.29, 1.82) is 0 Å². The van der Waals surface area contributed by atoms with E-state index in [9.17, 15) is 23.9 Å². The molecule has 154 valence electrons. The Bertz CT molecular complexity index is 1130. The third-order valence-electron chi connectivity index (χ3n) is 4.95. The van der Waals surface area contributed by atoms with Crippen molar-refractivity contribution >= 4 is 17.8 Å². The Kier molecular flexibility index (Phi) is 5.18. The van der Waals surface area contributed by atoms with Gasteiger partial charge in [-0.1, -0.05) is 30.4 Å². The van der Waals surface area contributed by atoms with Gasteiger partial charge in [0.05, 0.1) is 6.54 Å². The van der Waals surface area contributed by atoms with E-state index in [0.29, 0.717) is 5.56 Å². The lowest BCUT2D eigenvalue weighted by Crippen LogP contribution is -2.31. The van der Waals surface area contributed by atoms with Gasteiger partial charge in [0, 0.05) is 6.54 Å². The highest BCUT2D eigenvalue weighted by atomic mass is 19.1. The molecule has 2 heterocycles. The highest BCUT2D eigenvalue weighted by Gasteiger charge is 2.33. The summed E-state index contributed by atoms with van der Waals surface area (Å²) in [6, 6.07) is 5.53. The molecule has 0 bridgehead atoms. The van der Waals surface area contributed by atoms with Crippen LogP contribution < -0.4 is 15.8 Å². The lowest BCUT2D eigenvalue weighted by Gasteiger charge is -2.18. The summed E-state index contributed by atoms with van der Waals surface area (Å²) in [7, 11) is 0. The normalized spacial score (nSPS) is 15.2. The minimum atomic E-state index is -0.851. The molecule has 0 saturated heterocycles. The molecule has 30 heavy (non-hydrogen) atoms. The van der Waals surface area contributed by atoms with Crippen LogP contribution in [0.15, 0.2) is 52.9 Å². The van der Waals surface area contributed by atoms with E-state index < -0.39 is 28.7 Å². The Morgan fingerprint density at radius 2 is 1.97 bits per heavy atom. The number of aromatic hydroxyl groups is 1. The van der Waals surface area contributed by atoms with E-state index in [1.807, 2.05) is 18.2 Å². The number of aromatic nitrogens is 2. The van der Waals surface area contributed by atoms with Gasteiger partial charge in [0.2, 0.25) is 17.6 Å². The van der Waals surface area contributed by atoms with Crippen LogP contribution in [0.25, 0.3) is 0 Å². The van der Waals surface area contributed by atoms with Crippen molar-refractivity contribution in [3.8, 4) is 5.75 Å². The monoisotopic (exact) mass is 410 g/mol. The molecule has 1 aliphatic heterocycles. The first-order valence-corrected chi connectivity index (χ1v) is 9.46. The summed E-state index contributed by atoms with van der Waals surface area (Å²) in [6.07, 6.45) is 7.71. The van der Waals surface area contributed by atoms with Crippen LogP contribution in [0.3, 0.4) is 0 Å². The molecular weight excluding hydrogens is 391 g/mol. The van der Waals surface area contributed by atoms with Crippen molar-refractivity contribution < 1.29 is 19.1 Å². The summed E-state index contributed by atoms with van der Waals surface area (Å²) >= 11 is 0. The van der Waals surface area contributed by atoms with Crippen LogP contribution in [0, 0.1) is 5.82 Å². The molecule has 9 heteroatoms. The van der Waals surface area contributed by atoms with Crippen LogP contribution in [0.1, 0.15) is 28.9 Å². The maximum absolute atomic E-state index is 13.0. The van der Waals surface area contributed by atoms with Crippen molar-refractivity contribution in [2.75, 3.05) is 11.4 Å². The number of nitrogens with zero attached hydrogens (tertiary/aromatic N) is 3. The number of anilines is 1. The largest absolute Gasteiger partial charge is 0.501 e. The number of amides is 2. The zero-order valence-corrected chi connectivity index (χ0v) is 16.0. The average molecular weight is 410 g/mol. The molecule has 0 radical (unpaired) electrons. The van der Waals surface area contributed by atoms with Crippen molar-refractivity contribution in [3.63, 3.8) is 0 Å². The van der Waals surface area contributed by atoms with Crippen LogP contribution in [0.5, 0.6) is 5.75 Å².